The van der Waals surface area contributed by atoms with Gasteiger partial charge in [0, 0.05) is 37.8 Å². The summed E-state index contributed by atoms with van der Waals surface area (Å²) in [5, 5.41) is 0. The molecule has 0 saturated carbocycles. The normalized spacial score (nSPS) is 16.0. The van der Waals surface area contributed by atoms with Crippen LogP contribution >= 0.6 is 0 Å². The van der Waals surface area contributed by atoms with Gasteiger partial charge in [0.05, 0.1) is 11.3 Å². The fourth-order valence-corrected chi connectivity index (χ4v) is 4.61. The molecule has 2 aromatic rings. The van der Waals surface area contributed by atoms with Crippen LogP contribution in [-0.2, 0) is 4.79 Å². The van der Waals surface area contributed by atoms with Gasteiger partial charge in [-0.3, -0.25) is 9.79 Å². The standard InChI is InChI=1S/C32H44N6O/c1-22(2)27-17-26(18-28(19-27)23(3)4)10-11-29(31-24(5)35-21-36-32(31)33)34-14-12-25-13-16-38(20-25)30(39)9-8-15-37(6)7/h8-9,17-19,21-23,25H,12-16,20H2,1-7H3,(H2,33,35,36)/b9-8+,34-29?/t25-/m0/s1. The summed E-state index contributed by atoms with van der Waals surface area (Å²) >= 11 is 0. The first-order valence-electron chi connectivity index (χ1n) is 13.9. The SMILES string of the molecule is Cc1ncnc(N)c1C(C#Cc1cc(C(C)C)cc(C(C)C)c1)=NCC[C@H]1CCN(C(=O)/C=C/CN(C)C)C1. The molecule has 0 spiro atoms. The highest BCUT2D eigenvalue weighted by Crippen LogP contribution is 2.24. The molecule has 2 heterocycles. The van der Waals surface area contributed by atoms with Gasteiger partial charge in [-0.25, -0.2) is 9.97 Å². The van der Waals surface area contributed by atoms with Crippen molar-refractivity contribution in [2.75, 3.05) is 46.0 Å². The van der Waals surface area contributed by atoms with Crippen LogP contribution in [0.1, 0.15) is 80.3 Å². The van der Waals surface area contributed by atoms with Crippen LogP contribution in [-0.4, -0.2) is 71.7 Å². The van der Waals surface area contributed by atoms with E-state index in [4.69, 9.17) is 10.7 Å². The average molecular weight is 529 g/mol. The number of aryl methyl sites for hydroxylation is 1. The van der Waals surface area contributed by atoms with E-state index in [0.717, 1.165) is 43.7 Å². The molecule has 7 heteroatoms. The fraction of sp³-hybridized carbons (Fsp3) is 0.500. The molecule has 1 fully saturated rings. The summed E-state index contributed by atoms with van der Waals surface area (Å²) in [4.78, 5) is 29.9. The Morgan fingerprint density at radius 1 is 1.18 bits per heavy atom. The summed E-state index contributed by atoms with van der Waals surface area (Å²) in [6.07, 6.45) is 6.94. The number of likely N-dealkylation sites (N-methyl/N-ethyl adjacent to an activating group) is 1. The van der Waals surface area contributed by atoms with Crippen molar-refractivity contribution < 1.29 is 4.79 Å². The van der Waals surface area contributed by atoms with Crippen molar-refractivity contribution in [2.45, 2.75) is 59.3 Å². The summed E-state index contributed by atoms with van der Waals surface area (Å²) in [7, 11) is 3.98. The molecule has 1 aromatic carbocycles. The van der Waals surface area contributed by atoms with Crippen LogP contribution in [0.3, 0.4) is 0 Å². The molecule has 2 N–H and O–H groups in total. The van der Waals surface area contributed by atoms with Crippen LogP contribution in [0.4, 0.5) is 5.82 Å². The molecule has 1 aliphatic heterocycles. The van der Waals surface area contributed by atoms with Gasteiger partial charge in [-0.15, -0.1) is 0 Å². The summed E-state index contributed by atoms with van der Waals surface area (Å²) in [6, 6.07) is 6.60. The van der Waals surface area contributed by atoms with Crippen molar-refractivity contribution in [1.82, 2.24) is 19.8 Å². The third-order valence-corrected chi connectivity index (χ3v) is 7.07. The van der Waals surface area contributed by atoms with Crippen LogP contribution in [0.15, 0.2) is 41.7 Å². The molecule has 1 aromatic heterocycles. The van der Waals surface area contributed by atoms with Crippen LogP contribution < -0.4 is 5.73 Å². The first-order valence-corrected chi connectivity index (χ1v) is 13.9. The zero-order valence-electron chi connectivity index (χ0n) is 24.7. The molecule has 0 unspecified atom stereocenters. The lowest BCUT2D eigenvalue weighted by atomic mass is 9.93. The highest BCUT2D eigenvalue weighted by molar-refractivity contribution is 6.16. The molecule has 7 nitrogen and oxygen atoms in total. The molecular formula is C32H44N6O. The topological polar surface area (TPSA) is 87.7 Å². The number of carbonyl (C=O) groups excluding carboxylic acids is 1. The van der Waals surface area contributed by atoms with Crippen LogP contribution in [0.5, 0.6) is 0 Å². The number of aliphatic imine (C=N–C) groups is 1. The van der Waals surface area contributed by atoms with Crippen molar-refractivity contribution in [3.05, 3.63) is 64.6 Å². The van der Waals surface area contributed by atoms with E-state index in [0.29, 0.717) is 41.4 Å². The monoisotopic (exact) mass is 528 g/mol. The van der Waals surface area contributed by atoms with Gasteiger partial charge < -0.3 is 15.5 Å². The second-order valence-electron chi connectivity index (χ2n) is 11.3. The van der Waals surface area contributed by atoms with E-state index >= 15 is 0 Å². The van der Waals surface area contributed by atoms with E-state index in [-0.39, 0.29) is 5.91 Å². The van der Waals surface area contributed by atoms with E-state index in [2.05, 4.69) is 67.7 Å². The number of nitrogen functional groups attached to an aromatic ring is 1. The predicted molar refractivity (Wildman–Crippen MR) is 161 cm³/mol. The Morgan fingerprint density at radius 3 is 2.49 bits per heavy atom. The van der Waals surface area contributed by atoms with E-state index in [1.165, 1.54) is 17.5 Å². The highest BCUT2D eigenvalue weighted by Gasteiger charge is 2.24. The van der Waals surface area contributed by atoms with Crippen molar-refractivity contribution in [3.63, 3.8) is 0 Å². The van der Waals surface area contributed by atoms with Gasteiger partial charge in [0.25, 0.3) is 0 Å². The number of hydrogen-bond acceptors (Lipinski definition) is 6. The van der Waals surface area contributed by atoms with E-state index in [9.17, 15) is 4.79 Å². The molecule has 0 radical (unpaired) electrons. The number of nitrogens with two attached hydrogens (primary N) is 1. The molecular weight excluding hydrogens is 484 g/mol. The van der Waals surface area contributed by atoms with Crippen LogP contribution in [0, 0.1) is 24.7 Å². The maximum absolute atomic E-state index is 12.5. The number of aromatic nitrogens is 2. The number of anilines is 1. The predicted octanol–water partition coefficient (Wildman–Crippen LogP) is 4.81. The second kappa shape index (κ2) is 14.0. The van der Waals surface area contributed by atoms with Gasteiger partial charge in [0.1, 0.15) is 17.9 Å². The number of likely N-dealkylation sites (tertiary alicyclic amines) is 1. The minimum Gasteiger partial charge on any atom is -0.383 e. The molecule has 0 aliphatic carbocycles. The average Bonchev–Trinajstić information content (AvgIpc) is 3.35. The molecule has 208 valence electrons. The maximum Gasteiger partial charge on any atom is 0.246 e. The van der Waals surface area contributed by atoms with Crippen molar-refractivity contribution in [2.24, 2.45) is 10.9 Å². The van der Waals surface area contributed by atoms with Gasteiger partial charge in [-0.05, 0) is 80.8 Å². The van der Waals surface area contributed by atoms with Gasteiger partial charge in [0.15, 0.2) is 0 Å². The van der Waals surface area contributed by atoms with Gasteiger partial charge in [-0.2, -0.15) is 0 Å². The number of hydrogen-bond donors (Lipinski definition) is 1. The number of carbonyl (C=O) groups is 1. The first kappa shape index (κ1) is 30.0. The number of rotatable bonds is 9. The third kappa shape index (κ3) is 8.76. The zero-order chi connectivity index (χ0) is 28.5. The second-order valence-corrected chi connectivity index (χ2v) is 11.3. The van der Waals surface area contributed by atoms with Gasteiger partial charge in [0.2, 0.25) is 5.91 Å². The third-order valence-electron chi connectivity index (χ3n) is 7.07. The maximum atomic E-state index is 12.5. The lowest BCUT2D eigenvalue weighted by Gasteiger charge is -2.14. The van der Waals surface area contributed by atoms with E-state index < -0.39 is 0 Å². The summed E-state index contributed by atoms with van der Waals surface area (Å²) in [5.41, 5.74) is 11.9. The largest absolute Gasteiger partial charge is 0.383 e. The zero-order valence-corrected chi connectivity index (χ0v) is 24.7. The lowest BCUT2D eigenvalue weighted by molar-refractivity contribution is -0.125. The first-order chi connectivity index (χ1) is 18.5. The molecule has 1 atom stereocenters. The Bertz CT molecular complexity index is 1220. The van der Waals surface area contributed by atoms with Crippen LogP contribution in [0.25, 0.3) is 0 Å². The summed E-state index contributed by atoms with van der Waals surface area (Å²) < 4.78 is 0. The minimum absolute atomic E-state index is 0.0867. The number of amides is 1. The van der Waals surface area contributed by atoms with Crippen molar-refractivity contribution in [3.8, 4) is 11.8 Å². The van der Waals surface area contributed by atoms with Crippen LogP contribution in [0.2, 0.25) is 0 Å². The van der Waals surface area contributed by atoms with E-state index in [1.807, 2.05) is 36.9 Å². The summed E-state index contributed by atoms with van der Waals surface area (Å²) in [5.74, 6) is 8.39. The number of nitrogens with zero attached hydrogens (tertiary/aromatic N) is 5. The Morgan fingerprint density at radius 2 is 1.87 bits per heavy atom. The molecule has 0 bridgehead atoms. The smallest absolute Gasteiger partial charge is 0.246 e. The summed E-state index contributed by atoms with van der Waals surface area (Å²) in [6.45, 7) is 13.6. The Hall–Kier alpha value is -3.50. The minimum atomic E-state index is 0.0867. The molecule has 3 rings (SSSR count). The van der Waals surface area contributed by atoms with E-state index in [1.54, 1.807) is 6.08 Å². The lowest BCUT2D eigenvalue weighted by Crippen LogP contribution is -2.27. The fourth-order valence-electron chi connectivity index (χ4n) is 4.61. The molecule has 1 saturated heterocycles. The van der Waals surface area contributed by atoms with Crippen molar-refractivity contribution >= 4 is 17.4 Å². The van der Waals surface area contributed by atoms with Gasteiger partial charge >= 0.3 is 0 Å². The number of benzene rings is 1. The van der Waals surface area contributed by atoms with Gasteiger partial charge in [-0.1, -0.05) is 45.8 Å². The molecule has 1 aliphatic rings. The highest BCUT2D eigenvalue weighted by atomic mass is 16.2. The Labute approximate surface area is 234 Å². The molecule has 1 amide bonds. The van der Waals surface area contributed by atoms with Crippen molar-refractivity contribution in [1.29, 1.82) is 0 Å². The Kier molecular flexibility index (Phi) is 10.8. The Balaban J connectivity index is 1.80. The molecule has 39 heavy (non-hydrogen) atoms. The quantitative estimate of drug-likeness (QED) is 0.287.